The average Bonchev–Trinajstić information content (AvgIpc) is 3.69. The third kappa shape index (κ3) is 5.87. The number of fused-ring (bicyclic) bond motifs is 4. The van der Waals surface area contributed by atoms with Gasteiger partial charge in [-0.05, 0) is 50.3 Å². The van der Waals surface area contributed by atoms with E-state index >= 15 is 4.39 Å². The van der Waals surface area contributed by atoms with E-state index in [1.807, 2.05) is 24.9 Å². The van der Waals surface area contributed by atoms with Crippen molar-refractivity contribution >= 4 is 54.7 Å². The normalized spacial score (nSPS) is 21.1. The third-order valence-corrected chi connectivity index (χ3v) is 9.67. The highest BCUT2D eigenvalue weighted by Crippen LogP contribution is 2.45. The van der Waals surface area contributed by atoms with Gasteiger partial charge in [-0.3, -0.25) is 5.84 Å². The summed E-state index contributed by atoms with van der Waals surface area (Å²) in [5.74, 6) is 4.82. The molecule has 5 N–H and O–H groups in total. The second-order valence-electron chi connectivity index (χ2n) is 11.0. The molecular weight excluding hydrogens is 606 g/mol. The summed E-state index contributed by atoms with van der Waals surface area (Å²) in [5.41, 5.74) is 6.39. The van der Waals surface area contributed by atoms with E-state index in [0.717, 1.165) is 43.8 Å². The zero-order valence-electron chi connectivity index (χ0n) is 25.3. The number of nitriles is 1. The van der Waals surface area contributed by atoms with E-state index in [1.54, 1.807) is 6.07 Å². The Bertz CT molecular complexity index is 1710. The highest BCUT2D eigenvalue weighted by Gasteiger charge is 2.34. The van der Waals surface area contributed by atoms with Crippen molar-refractivity contribution in [1.29, 1.82) is 5.26 Å². The lowest BCUT2D eigenvalue weighted by Gasteiger charge is -2.34. The fourth-order valence-corrected chi connectivity index (χ4v) is 7.42. The Kier molecular flexibility index (Phi) is 9.72. The first kappa shape index (κ1) is 32.1. The summed E-state index contributed by atoms with van der Waals surface area (Å²) in [6.07, 6.45) is 4.70. The van der Waals surface area contributed by atoms with Crippen molar-refractivity contribution in [3.63, 3.8) is 0 Å². The Balaban J connectivity index is 0.000000373. The number of thiophene rings is 1. The fourth-order valence-electron chi connectivity index (χ4n) is 6.17. The topological polar surface area (TPSA) is 129 Å². The number of hydrogen-bond acceptors (Lipinski definition) is 10. The van der Waals surface area contributed by atoms with Gasteiger partial charge in [0.25, 0.3) is 0 Å². The molecule has 3 aliphatic heterocycles. The predicted octanol–water partition coefficient (Wildman–Crippen LogP) is 6.22. The Morgan fingerprint density at radius 2 is 1.86 bits per heavy atom. The summed E-state index contributed by atoms with van der Waals surface area (Å²) in [6, 6.07) is 7.61. The Hall–Kier alpha value is -3.34. The number of anilines is 2. The molecule has 0 saturated carbocycles. The molecule has 0 spiro atoms. The Labute approximate surface area is 264 Å². The quantitative estimate of drug-likeness (QED) is 0.223. The lowest BCUT2D eigenvalue weighted by atomic mass is 9.97. The van der Waals surface area contributed by atoms with Gasteiger partial charge in [0, 0.05) is 54.1 Å². The van der Waals surface area contributed by atoms with Crippen LogP contribution in [0.4, 0.5) is 19.6 Å². The number of halogens is 3. The maximum atomic E-state index is 16.3. The van der Waals surface area contributed by atoms with Gasteiger partial charge in [0.2, 0.25) is 0 Å². The van der Waals surface area contributed by atoms with Crippen LogP contribution in [0.1, 0.15) is 52.0 Å². The van der Waals surface area contributed by atoms with Crippen LogP contribution in [0.5, 0.6) is 6.01 Å². The van der Waals surface area contributed by atoms with Crippen molar-refractivity contribution in [2.75, 3.05) is 37.4 Å². The van der Waals surface area contributed by atoms with Gasteiger partial charge in [0.15, 0.2) is 5.82 Å². The van der Waals surface area contributed by atoms with E-state index in [2.05, 4.69) is 27.1 Å². The zero-order chi connectivity index (χ0) is 31.7. The minimum Gasteiger partial charge on any atom is -0.467 e. The van der Waals surface area contributed by atoms with E-state index < -0.39 is 11.6 Å². The Morgan fingerprint density at radius 1 is 1.16 bits per heavy atom. The van der Waals surface area contributed by atoms with Gasteiger partial charge in [0.1, 0.15) is 28.2 Å². The first-order valence-electron chi connectivity index (χ1n) is 14.9. The van der Waals surface area contributed by atoms with E-state index in [0.29, 0.717) is 29.3 Å². The molecule has 44 heavy (non-hydrogen) atoms. The summed E-state index contributed by atoms with van der Waals surface area (Å²) in [4.78, 5) is 11.0. The minimum absolute atomic E-state index is 0.0190. The highest BCUT2D eigenvalue weighted by atomic mass is 35.5. The maximum Gasteiger partial charge on any atom is 0.318 e. The molecule has 3 unspecified atom stereocenters. The number of nitrogens with one attached hydrogen (secondary N) is 1. The van der Waals surface area contributed by atoms with Crippen molar-refractivity contribution in [2.24, 2.45) is 5.84 Å². The smallest absolute Gasteiger partial charge is 0.318 e. The second-order valence-corrected chi connectivity index (χ2v) is 12.5. The summed E-state index contributed by atoms with van der Waals surface area (Å²) < 4.78 is 36.3. The third-order valence-electron chi connectivity index (χ3n) is 8.34. The molecule has 2 aromatic carbocycles. The summed E-state index contributed by atoms with van der Waals surface area (Å²) in [6.45, 7) is 8.70. The molecule has 3 saturated heterocycles. The molecule has 234 valence electrons. The van der Waals surface area contributed by atoms with Gasteiger partial charge in [-0.1, -0.05) is 31.5 Å². The first-order valence-corrected chi connectivity index (χ1v) is 16.1. The molecule has 2 bridgehead atoms. The lowest BCUT2D eigenvalue weighted by Crippen LogP contribution is -2.51. The van der Waals surface area contributed by atoms with Crippen molar-refractivity contribution in [3.05, 3.63) is 40.4 Å². The summed E-state index contributed by atoms with van der Waals surface area (Å²) in [5, 5.41) is 16.1. The van der Waals surface area contributed by atoms with E-state index in [4.69, 9.17) is 27.9 Å². The van der Waals surface area contributed by atoms with Crippen LogP contribution in [-0.4, -0.2) is 59.8 Å². The van der Waals surface area contributed by atoms with Crippen molar-refractivity contribution in [3.8, 4) is 23.2 Å². The number of ether oxygens (including phenoxy) is 1. The van der Waals surface area contributed by atoms with Crippen LogP contribution in [0.15, 0.2) is 18.2 Å². The molecule has 9 nitrogen and oxygen atoms in total. The molecule has 0 radical (unpaired) electrons. The molecule has 13 heteroatoms. The number of methoxy groups -OCH3 is 1. The van der Waals surface area contributed by atoms with Crippen LogP contribution in [0, 0.1) is 23.0 Å². The van der Waals surface area contributed by atoms with Crippen molar-refractivity contribution < 1.29 is 13.5 Å². The largest absolute Gasteiger partial charge is 0.467 e. The molecule has 0 amide bonds. The monoisotopic (exact) mass is 642 g/mol. The number of aromatic nitrogens is 2. The lowest BCUT2D eigenvalue weighted by molar-refractivity contribution is 0.278. The average molecular weight is 643 g/mol. The first-order chi connectivity index (χ1) is 21.2. The molecular formula is C31H37ClF2N8OS. The van der Waals surface area contributed by atoms with E-state index in [9.17, 15) is 9.65 Å². The molecule has 5 heterocycles. The van der Waals surface area contributed by atoms with Gasteiger partial charge in [-0.15, -0.1) is 11.3 Å². The maximum absolute atomic E-state index is 16.3. The molecule has 3 aliphatic rings. The zero-order valence-corrected chi connectivity index (χ0v) is 26.8. The van der Waals surface area contributed by atoms with Crippen molar-refractivity contribution in [2.45, 2.75) is 64.6 Å². The van der Waals surface area contributed by atoms with Crippen LogP contribution in [0.25, 0.3) is 32.1 Å². The summed E-state index contributed by atoms with van der Waals surface area (Å²) in [7, 11) is 1.43. The number of nitrogen functional groups attached to an aromatic ring is 1. The number of rotatable bonds is 3. The molecule has 4 aromatic rings. The molecule has 3 fully saturated rings. The predicted molar refractivity (Wildman–Crippen MR) is 174 cm³/mol. The van der Waals surface area contributed by atoms with Crippen LogP contribution in [0.2, 0.25) is 5.02 Å². The van der Waals surface area contributed by atoms with Crippen molar-refractivity contribution in [1.82, 2.24) is 20.3 Å². The number of hydrazine groups is 1. The standard InChI is InChI=1S/C24H19ClF2N6OS.C5H12N2.C2H6/c1-34-24-31-20-13(23(32-24)33-8-10-2-3-11(9-33)30-10)6-15(25)18(19(20)27)12-4-5-16(26)21-17(12)14(7-28)22(29)35-21;1-5-3-2-4-7(5)6;1-2/h4-6,10-11,30H,2-3,8-9,29H2,1H3;5H,2-4,6H2,1H3;1-2H3. The Morgan fingerprint density at radius 3 is 2.43 bits per heavy atom. The van der Waals surface area contributed by atoms with Crippen LogP contribution < -0.4 is 26.5 Å². The highest BCUT2D eigenvalue weighted by molar-refractivity contribution is 7.23. The van der Waals surface area contributed by atoms with Crippen LogP contribution in [-0.2, 0) is 0 Å². The second kappa shape index (κ2) is 13.3. The van der Waals surface area contributed by atoms with Crippen LogP contribution >= 0.6 is 22.9 Å². The SMILES string of the molecule is CC.CC1CCCN1N.COc1nc(N2CC3CCC(C2)N3)c2cc(Cl)c(-c3ccc(F)c4sc(N)c(C#N)c34)c(F)c2n1. The molecule has 0 aliphatic carbocycles. The van der Waals surface area contributed by atoms with Gasteiger partial charge >= 0.3 is 6.01 Å². The molecule has 3 atom stereocenters. The number of benzene rings is 2. The van der Waals surface area contributed by atoms with Gasteiger partial charge in [-0.25, -0.2) is 13.8 Å². The summed E-state index contributed by atoms with van der Waals surface area (Å²) >= 11 is 7.62. The minimum atomic E-state index is -0.700. The van der Waals surface area contributed by atoms with E-state index in [1.165, 1.54) is 32.1 Å². The molecule has 7 rings (SSSR count). The molecule has 2 aromatic heterocycles. The van der Waals surface area contributed by atoms with Crippen LogP contribution in [0.3, 0.4) is 0 Å². The number of hydrogen-bond donors (Lipinski definition) is 3. The van der Waals surface area contributed by atoms with Gasteiger partial charge in [-0.2, -0.15) is 15.2 Å². The number of nitrogens with zero attached hydrogens (tertiary/aromatic N) is 5. The van der Waals surface area contributed by atoms with Gasteiger partial charge in [0.05, 0.1) is 22.4 Å². The van der Waals surface area contributed by atoms with E-state index in [-0.39, 0.29) is 48.3 Å². The number of piperazine rings is 1. The van der Waals surface area contributed by atoms with Gasteiger partial charge < -0.3 is 20.7 Å². The number of nitrogens with two attached hydrogens (primary N) is 2. The fraction of sp³-hybridized carbons (Fsp3) is 0.452.